The van der Waals surface area contributed by atoms with Crippen molar-refractivity contribution in [2.75, 3.05) is 6.54 Å². The van der Waals surface area contributed by atoms with Crippen LogP contribution in [0.3, 0.4) is 0 Å². The summed E-state index contributed by atoms with van der Waals surface area (Å²) >= 11 is 12.0. The van der Waals surface area contributed by atoms with Crippen molar-refractivity contribution in [1.29, 1.82) is 0 Å². The minimum Gasteiger partial charge on any atom is -0.349 e. The zero-order valence-electron chi connectivity index (χ0n) is 15.3. The van der Waals surface area contributed by atoms with Crippen LogP contribution in [0.4, 0.5) is 0 Å². The molecule has 0 spiro atoms. The summed E-state index contributed by atoms with van der Waals surface area (Å²) in [7, 11) is -3.67. The molecule has 0 aliphatic carbocycles. The number of sulfonamides is 1. The molecule has 0 heterocycles. The van der Waals surface area contributed by atoms with Crippen molar-refractivity contribution in [1.82, 2.24) is 10.0 Å². The number of carbonyl (C=O) groups is 1. The number of benzene rings is 2. The SMILES string of the molecule is Cc1ccc(C)c(S(=O)(=O)NCCC(=O)NC(C)c2ccc(Cl)cc2Cl)c1. The molecule has 0 aromatic heterocycles. The van der Waals surface area contributed by atoms with Gasteiger partial charge in [0.15, 0.2) is 0 Å². The van der Waals surface area contributed by atoms with E-state index in [1.165, 1.54) is 0 Å². The molecule has 0 radical (unpaired) electrons. The van der Waals surface area contributed by atoms with Gasteiger partial charge < -0.3 is 5.32 Å². The Labute approximate surface area is 170 Å². The van der Waals surface area contributed by atoms with Crippen LogP contribution in [0.25, 0.3) is 0 Å². The molecule has 1 amide bonds. The van der Waals surface area contributed by atoms with Gasteiger partial charge in [0.25, 0.3) is 0 Å². The van der Waals surface area contributed by atoms with Crippen molar-refractivity contribution in [2.24, 2.45) is 0 Å². The molecule has 1 unspecified atom stereocenters. The molecule has 0 saturated carbocycles. The summed E-state index contributed by atoms with van der Waals surface area (Å²) in [5.41, 5.74) is 2.25. The van der Waals surface area contributed by atoms with Crippen LogP contribution in [-0.4, -0.2) is 20.9 Å². The number of hydrogen-bond acceptors (Lipinski definition) is 3. The smallest absolute Gasteiger partial charge is 0.240 e. The van der Waals surface area contributed by atoms with Crippen molar-refractivity contribution in [2.45, 2.75) is 38.1 Å². The largest absolute Gasteiger partial charge is 0.349 e. The Morgan fingerprint density at radius 3 is 2.48 bits per heavy atom. The highest BCUT2D eigenvalue weighted by molar-refractivity contribution is 7.89. The monoisotopic (exact) mass is 428 g/mol. The fourth-order valence-electron chi connectivity index (χ4n) is 2.62. The molecule has 146 valence electrons. The molecule has 2 rings (SSSR count). The standard InChI is InChI=1S/C19H22Cl2N2O3S/c1-12-4-5-13(2)18(10-12)27(25,26)22-9-8-19(24)23-14(3)16-7-6-15(20)11-17(16)21/h4-7,10-11,14,22H,8-9H2,1-3H3,(H,23,24). The quantitative estimate of drug-likeness (QED) is 0.694. The van der Waals surface area contributed by atoms with Gasteiger partial charge in [0.2, 0.25) is 15.9 Å². The maximum atomic E-state index is 12.4. The van der Waals surface area contributed by atoms with Crippen LogP contribution in [0.1, 0.15) is 36.1 Å². The number of rotatable bonds is 7. The summed E-state index contributed by atoms with van der Waals surface area (Å²) in [6.07, 6.45) is 0.0135. The number of nitrogens with one attached hydrogen (secondary N) is 2. The van der Waals surface area contributed by atoms with Crippen LogP contribution in [0, 0.1) is 13.8 Å². The molecule has 5 nitrogen and oxygen atoms in total. The minimum atomic E-state index is -3.67. The maximum absolute atomic E-state index is 12.4. The van der Waals surface area contributed by atoms with Gasteiger partial charge >= 0.3 is 0 Å². The van der Waals surface area contributed by atoms with Gasteiger partial charge in [-0.15, -0.1) is 0 Å². The molecule has 2 N–H and O–H groups in total. The fourth-order valence-corrected chi connectivity index (χ4v) is 4.55. The summed E-state index contributed by atoms with van der Waals surface area (Å²) in [5.74, 6) is -0.280. The van der Waals surface area contributed by atoms with Gasteiger partial charge in [0, 0.05) is 23.0 Å². The second-order valence-electron chi connectivity index (χ2n) is 6.37. The number of halogens is 2. The first kappa shape index (κ1) is 21.7. The van der Waals surface area contributed by atoms with Crippen LogP contribution in [0.15, 0.2) is 41.3 Å². The zero-order valence-corrected chi connectivity index (χ0v) is 17.7. The zero-order chi connectivity index (χ0) is 20.2. The highest BCUT2D eigenvalue weighted by Crippen LogP contribution is 2.26. The predicted octanol–water partition coefficient (Wildman–Crippen LogP) is 4.16. The molecule has 27 heavy (non-hydrogen) atoms. The Bertz CT molecular complexity index is 946. The maximum Gasteiger partial charge on any atom is 0.240 e. The topological polar surface area (TPSA) is 75.3 Å². The van der Waals surface area contributed by atoms with Gasteiger partial charge in [-0.2, -0.15) is 0 Å². The van der Waals surface area contributed by atoms with Crippen molar-refractivity contribution in [3.8, 4) is 0 Å². The summed E-state index contributed by atoms with van der Waals surface area (Å²) in [6, 6.07) is 9.96. The van der Waals surface area contributed by atoms with Crippen molar-refractivity contribution in [3.63, 3.8) is 0 Å². The number of hydrogen-bond donors (Lipinski definition) is 2. The Hall–Kier alpha value is -1.60. The number of aryl methyl sites for hydroxylation is 2. The van der Waals surface area contributed by atoms with Crippen LogP contribution >= 0.6 is 23.2 Å². The molecule has 0 fully saturated rings. The van der Waals surface area contributed by atoms with E-state index in [1.807, 2.05) is 13.0 Å². The average Bonchev–Trinajstić information content (AvgIpc) is 2.56. The van der Waals surface area contributed by atoms with Gasteiger partial charge in [-0.05, 0) is 55.7 Å². The van der Waals surface area contributed by atoms with E-state index in [1.54, 1.807) is 44.2 Å². The highest BCUT2D eigenvalue weighted by Gasteiger charge is 2.18. The second-order valence-corrected chi connectivity index (χ2v) is 8.95. The van der Waals surface area contributed by atoms with Gasteiger partial charge in [-0.1, -0.05) is 41.4 Å². The average molecular weight is 429 g/mol. The highest BCUT2D eigenvalue weighted by atomic mass is 35.5. The van der Waals surface area contributed by atoms with Gasteiger partial charge in [-0.25, -0.2) is 13.1 Å². The summed E-state index contributed by atoms with van der Waals surface area (Å²) in [4.78, 5) is 12.4. The minimum absolute atomic E-state index is 0.00260. The van der Waals surface area contributed by atoms with Crippen molar-refractivity contribution < 1.29 is 13.2 Å². The third-order valence-corrected chi connectivity index (χ3v) is 6.25. The van der Waals surface area contributed by atoms with E-state index in [0.717, 1.165) is 11.1 Å². The van der Waals surface area contributed by atoms with E-state index < -0.39 is 10.0 Å². The van der Waals surface area contributed by atoms with Crippen LogP contribution in [-0.2, 0) is 14.8 Å². The van der Waals surface area contributed by atoms with Crippen molar-refractivity contribution >= 4 is 39.1 Å². The van der Waals surface area contributed by atoms with E-state index in [2.05, 4.69) is 10.0 Å². The fraction of sp³-hybridized carbons (Fsp3) is 0.316. The molecule has 0 saturated heterocycles. The molecule has 1 atom stereocenters. The van der Waals surface area contributed by atoms with Gasteiger partial charge in [0.1, 0.15) is 0 Å². The molecule has 0 bridgehead atoms. The first-order valence-electron chi connectivity index (χ1n) is 8.41. The Morgan fingerprint density at radius 1 is 1.11 bits per heavy atom. The van der Waals surface area contributed by atoms with Crippen LogP contribution < -0.4 is 10.0 Å². The van der Waals surface area contributed by atoms with E-state index in [-0.39, 0.29) is 29.8 Å². The lowest BCUT2D eigenvalue weighted by molar-refractivity contribution is -0.121. The van der Waals surface area contributed by atoms with E-state index >= 15 is 0 Å². The Morgan fingerprint density at radius 2 is 1.81 bits per heavy atom. The summed E-state index contributed by atoms with van der Waals surface area (Å²) < 4.78 is 27.3. The first-order valence-corrected chi connectivity index (χ1v) is 10.7. The van der Waals surface area contributed by atoms with Crippen LogP contribution in [0.2, 0.25) is 10.0 Å². The lowest BCUT2D eigenvalue weighted by Gasteiger charge is -2.16. The first-order chi connectivity index (χ1) is 12.6. The lowest BCUT2D eigenvalue weighted by atomic mass is 10.1. The molecular weight excluding hydrogens is 407 g/mol. The van der Waals surface area contributed by atoms with Crippen LogP contribution in [0.5, 0.6) is 0 Å². The molecule has 2 aromatic carbocycles. The van der Waals surface area contributed by atoms with Crippen molar-refractivity contribution in [3.05, 3.63) is 63.1 Å². The molecule has 0 aliphatic rings. The summed E-state index contributed by atoms with van der Waals surface area (Å²) in [5, 5.41) is 3.78. The molecular formula is C19H22Cl2N2O3S. The lowest BCUT2D eigenvalue weighted by Crippen LogP contribution is -2.32. The molecule has 0 aliphatic heterocycles. The Balaban J connectivity index is 1.92. The molecule has 2 aromatic rings. The second kappa shape index (κ2) is 9.06. The number of amides is 1. The predicted molar refractivity (Wildman–Crippen MR) is 109 cm³/mol. The third-order valence-electron chi connectivity index (χ3n) is 4.08. The summed E-state index contributed by atoms with van der Waals surface area (Å²) in [6.45, 7) is 5.36. The van der Waals surface area contributed by atoms with Gasteiger partial charge in [-0.3, -0.25) is 4.79 Å². The van der Waals surface area contributed by atoms with E-state index in [4.69, 9.17) is 23.2 Å². The number of carbonyl (C=O) groups excluding carboxylic acids is 1. The normalized spacial score (nSPS) is 12.6. The van der Waals surface area contributed by atoms with E-state index in [0.29, 0.717) is 15.6 Å². The molecule has 8 heteroatoms. The van der Waals surface area contributed by atoms with E-state index in [9.17, 15) is 13.2 Å². The van der Waals surface area contributed by atoms with Gasteiger partial charge in [0.05, 0.1) is 10.9 Å². The third kappa shape index (κ3) is 5.94. The Kier molecular flexibility index (Phi) is 7.28.